The molecule has 0 aromatic carbocycles. The average Bonchev–Trinajstić information content (AvgIpc) is 2.18. The summed E-state index contributed by atoms with van der Waals surface area (Å²) >= 11 is 11.1. The Morgan fingerprint density at radius 1 is 1.56 bits per heavy atom. The number of hydrogen-bond acceptors (Lipinski definition) is 2. The van der Waals surface area contributed by atoms with Gasteiger partial charge in [0.15, 0.2) is 0 Å². The molecular formula is C9H10Cl2F3NO. The Hall–Kier alpha value is -0.420. The normalized spacial score (nSPS) is 26.1. The van der Waals surface area contributed by atoms with Crippen molar-refractivity contribution >= 4 is 29.1 Å². The van der Waals surface area contributed by atoms with Crippen LogP contribution in [0.2, 0.25) is 0 Å². The number of nitrogens with zero attached hydrogens (tertiary/aromatic N) is 1. The van der Waals surface area contributed by atoms with E-state index in [0.29, 0.717) is 6.42 Å². The second-order valence-electron chi connectivity index (χ2n) is 3.30. The standard InChI is InChI=1S/C9H10Cl2F3NO/c1-2-5-16-7-8(11,9(12,13)14)4-3-6(10)15-7/h3H,2,4-5H2,1H3. The molecule has 0 aromatic rings. The fourth-order valence-electron chi connectivity index (χ4n) is 1.13. The van der Waals surface area contributed by atoms with Crippen molar-refractivity contribution in [2.75, 3.05) is 6.61 Å². The first-order valence-electron chi connectivity index (χ1n) is 4.64. The molecule has 1 atom stereocenters. The quantitative estimate of drug-likeness (QED) is 0.554. The maximum atomic E-state index is 12.8. The number of ether oxygens (including phenoxy) is 1. The van der Waals surface area contributed by atoms with E-state index in [2.05, 4.69) is 4.99 Å². The van der Waals surface area contributed by atoms with Crippen LogP contribution in [0.3, 0.4) is 0 Å². The first-order valence-corrected chi connectivity index (χ1v) is 5.40. The highest BCUT2D eigenvalue weighted by Crippen LogP contribution is 2.43. The van der Waals surface area contributed by atoms with Gasteiger partial charge in [0.2, 0.25) is 10.8 Å². The zero-order valence-electron chi connectivity index (χ0n) is 8.44. The van der Waals surface area contributed by atoms with E-state index in [-0.39, 0.29) is 11.8 Å². The first kappa shape index (κ1) is 13.6. The molecule has 7 heteroatoms. The monoisotopic (exact) mass is 275 g/mol. The molecule has 0 radical (unpaired) electrons. The van der Waals surface area contributed by atoms with E-state index in [9.17, 15) is 13.2 Å². The molecule has 1 rings (SSSR count). The number of aliphatic imine (C=N–C) groups is 1. The van der Waals surface area contributed by atoms with E-state index >= 15 is 0 Å². The Balaban J connectivity index is 2.98. The molecule has 1 unspecified atom stereocenters. The van der Waals surface area contributed by atoms with Crippen LogP contribution in [0, 0.1) is 0 Å². The third-order valence-electron chi connectivity index (χ3n) is 1.99. The lowest BCUT2D eigenvalue weighted by Gasteiger charge is -2.31. The van der Waals surface area contributed by atoms with Crippen LogP contribution < -0.4 is 0 Å². The summed E-state index contributed by atoms with van der Waals surface area (Å²) in [5.41, 5.74) is 0. The molecular weight excluding hydrogens is 266 g/mol. The molecule has 0 N–H and O–H groups in total. The molecule has 16 heavy (non-hydrogen) atoms. The molecule has 2 nitrogen and oxygen atoms in total. The Morgan fingerprint density at radius 2 is 2.19 bits per heavy atom. The van der Waals surface area contributed by atoms with Crippen LogP contribution in [0.5, 0.6) is 0 Å². The Bertz CT molecular complexity index is 327. The zero-order valence-corrected chi connectivity index (χ0v) is 9.96. The van der Waals surface area contributed by atoms with Crippen LogP contribution in [0.1, 0.15) is 19.8 Å². The summed E-state index contributed by atoms with van der Waals surface area (Å²) in [4.78, 5) is 0.912. The number of halogens is 5. The molecule has 0 aliphatic carbocycles. The zero-order chi connectivity index (χ0) is 12.4. The molecule has 0 spiro atoms. The molecule has 1 aliphatic rings. The van der Waals surface area contributed by atoms with Crippen LogP contribution in [-0.2, 0) is 4.74 Å². The van der Waals surface area contributed by atoms with Crippen molar-refractivity contribution in [2.24, 2.45) is 4.99 Å². The van der Waals surface area contributed by atoms with Crippen LogP contribution in [-0.4, -0.2) is 23.6 Å². The van der Waals surface area contributed by atoms with Crippen molar-refractivity contribution in [2.45, 2.75) is 30.8 Å². The van der Waals surface area contributed by atoms with Crippen molar-refractivity contribution in [1.82, 2.24) is 0 Å². The SMILES string of the molecule is CCCOC1=NC(Cl)=CCC1(Cl)C(F)(F)F. The van der Waals surface area contributed by atoms with E-state index in [4.69, 9.17) is 27.9 Å². The predicted octanol–water partition coefficient (Wildman–Crippen LogP) is 3.84. The van der Waals surface area contributed by atoms with Gasteiger partial charge in [0.1, 0.15) is 5.16 Å². The summed E-state index contributed by atoms with van der Waals surface area (Å²) < 4.78 is 43.2. The predicted molar refractivity (Wildman–Crippen MR) is 56.9 cm³/mol. The average molecular weight is 276 g/mol. The van der Waals surface area contributed by atoms with E-state index in [1.165, 1.54) is 0 Å². The molecule has 0 fully saturated rings. The summed E-state index contributed by atoms with van der Waals surface area (Å²) in [7, 11) is 0. The Labute approximate surface area is 101 Å². The van der Waals surface area contributed by atoms with Gasteiger partial charge in [-0.25, -0.2) is 4.99 Å². The smallest absolute Gasteiger partial charge is 0.416 e. The van der Waals surface area contributed by atoms with Crippen LogP contribution in [0.4, 0.5) is 13.2 Å². The second kappa shape index (κ2) is 4.84. The number of hydrogen-bond donors (Lipinski definition) is 0. The lowest BCUT2D eigenvalue weighted by Crippen LogP contribution is -2.49. The Morgan fingerprint density at radius 3 is 2.69 bits per heavy atom. The highest BCUT2D eigenvalue weighted by Gasteiger charge is 2.59. The van der Waals surface area contributed by atoms with Gasteiger partial charge in [-0.05, 0) is 12.5 Å². The third kappa shape index (κ3) is 2.63. The van der Waals surface area contributed by atoms with Crippen molar-refractivity contribution in [3.8, 4) is 0 Å². The molecule has 1 heterocycles. The number of allylic oxidation sites excluding steroid dienone is 1. The molecule has 0 saturated carbocycles. The Kier molecular flexibility index (Phi) is 4.12. The highest BCUT2D eigenvalue weighted by atomic mass is 35.5. The van der Waals surface area contributed by atoms with Gasteiger partial charge in [-0.1, -0.05) is 30.1 Å². The van der Waals surface area contributed by atoms with Crippen molar-refractivity contribution in [1.29, 1.82) is 0 Å². The van der Waals surface area contributed by atoms with Crippen LogP contribution >= 0.6 is 23.2 Å². The van der Waals surface area contributed by atoms with E-state index < -0.39 is 23.4 Å². The van der Waals surface area contributed by atoms with Gasteiger partial charge in [0, 0.05) is 6.42 Å². The van der Waals surface area contributed by atoms with Gasteiger partial charge in [-0.15, -0.1) is 0 Å². The van der Waals surface area contributed by atoms with Crippen molar-refractivity contribution in [3.05, 3.63) is 11.2 Å². The largest absolute Gasteiger partial charge is 0.479 e. The summed E-state index contributed by atoms with van der Waals surface area (Å²) in [5, 5.41) is -0.0355. The van der Waals surface area contributed by atoms with Gasteiger partial charge in [0.25, 0.3) is 0 Å². The minimum atomic E-state index is -4.63. The molecule has 0 aromatic heterocycles. The van der Waals surface area contributed by atoms with E-state index in [1.54, 1.807) is 6.92 Å². The van der Waals surface area contributed by atoms with E-state index in [0.717, 1.165) is 6.08 Å². The molecule has 0 amide bonds. The fourth-order valence-corrected chi connectivity index (χ4v) is 1.45. The second-order valence-corrected chi connectivity index (χ2v) is 4.33. The summed E-state index contributed by atoms with van der Waals surface area (Å²) in [5.74, 6) is -0.573. The van der Waals surface area contributed by atoms with Gasteiger partial charge >= 0.3 is 6.18 Å². The van der Waals surface area contributed by atoms with Gasteiger partial charge in [-0.2, -0.15) is 13.2 Å². The minimum Gasteiger partial charge on any atom is -0.479 e. The lowest BCUT2D eigenvalue weighted by molar-refractivity contribution is -0.148. The minimum absolute atomic E-state index is 0.0355. The maximum Gasteiger partial charge on any atom is 0.416 e. The van der Waals surface area contributed by atoms with Crippen molar-refractivity contribution in [3.63, 3.8) is 0 Å². The summed E-state index contributed by atoms with van der Waals surface area (Å²) in [6, 6.07) is 0. The van der Waals surface area contributed by atoms with Crippen LogP contribution in [0.25, 0.3) is 0 Å². The number of alkyl halides is 4. The summed E-state index contributed by atoms with van der Waals surface area (Å²) in [6.07, 6.45) is -3.42. The highest BCUT2D eigenvalue weighted by molar-refractivity contribution is 6.38. The first-order chi connectivity index (χ1) is 7.31. The van der Waals surface area contributed by atoms with Gasteiger partial charge < -0.3 is 4.74 Å². The number of rotatable bonds is 2. The van der Waals surface area contributed by atoms with Crippen LogP contribution in [0.15, 0.2) is 16.2 Å². The maximum absolute atomic E-state index is 12.8. The van der Waals surface area contributed by atoms with Gasteiger partial charge in [-0.3, -0.25) is 0 Å². The summed E-state index contributed by atoms with van der Waals surface area (Å²) in [6.45, 7) is 1.89. The topological polar surface area (TPSA) is 21.6 Å². The van der Waals surface area contributed by atoms with Crippen molar-refractivity contribution < 1.29 is 17.9 Å². The molecule has 0 bridgehead atoms. The lowest BCUT2D eigenvalue weighted by atomic mass is 10.0. The molecule has 0 saturated heterocycles. The van der Waals surface area contributed by atoms with E-state index in [1.807, 2.05) is 0 Å². The molecule has 1 aliphatic heterocycles. The fraction of sp³-hybridized carbons (Fsp3) is 0.667. The van der Waals surface area contributed by atoms with Gasteiger partial charge in [0.05, 0.1) is 6.61 Å². The third-order valence-corrected chi connectivity index (χ3v) is 2.76. The molecule has 92 valence electrons.